The second kappa shape index (κ2) is 7.23. The van der Waals surface area contributed by atoms with E-state index >= 15 is 0 Å². The average Bonchev–Trinajstić information content (AvgIpc) is 2.87. The van der Waals surface area contributed by atoms with Crippen molar-refractivity contribution in [2.24, 2.45) is 5.92 Å². The number of rotatable bonds is 5. The van der Waals surface area contributed by atoms with Gasteiger partial charge in [0.25, 0.3) is 10.0 Å². The van der Waals surface area contributed by atoms with Gasteiger partial charge in [0.05, 0.1) is 6.20 Å². The Bertz CT molecular complexity index is 483. The van der Waals surface area contributed by atoms with Crippen LogP contribution in [0.4, 0.5) is 0 Å². The van der Waals surface area contributed by atoms with Crippen LogP contribution in [0.15, 0.2) is 17.3 Å². The summed E-state index contributed by atoms with van der Waals surface area (Å²) in [6, 6.07) is 1.53. The molecule has 1 fully saturated rings. The van der Waals surface area contributed by atoms with Crippen molar-refractivity contribution in [1.29, 1.82) is 0 Å². The predicted molar refractivity (Wildman–Crippen MR) is 75.9 cm³/mol. The lowest BCUT2D eigenvalue weighted by Gasteiger charge is -2.22. The van der Waals surface area contributed by atoms with Crippen LogP contribution in [0.25, 0.3) is 0 Å². The Morgan fingerprint density at radius 2 is 2.37 bits per heavy atom. The molecule has 1 aliphatic heterocycles. The molecule has 1 aromatic heterocycles. The molecule has 1 aliphatic rings. The van der Waals surface area contributed by atoms with Gasteiger partial charge in [-0.3, -0.25) is 4.68 Å². The predicted octanol–water partition coefficient (Wildman–Crippen LogP) is 0.603. The lowest BCUT2D eigenvalue weighted by atomic mass is 10.0. The van der Waals surface area contributed by atoms with Gasteiger partial charge < -0.3 is 5.32 Å². The fourth-order valence-electron chi connectivity index (χ4n) is 2.19. The molecule has 1 unspecified atom stereocenters. The van der Waals surface area contributed by atoms with E-state index in [1.54, 1.807) is 0 Å². The molecule has 0 bridgehead atoms. The molecule has 6 nitrogen and oxygen atoms in total. The van der Waals surface area contributed by atoms with Crippen molar-refractivity contribution in [3.63, 3.8) is 0 Å². The molecule has 1 aromatic rings. The average molecular weight is 309 g/mol. The minimum atomic E-state index is -3.44. The van der Waals surface area contributed by atoms with Crippen molar-refractivity contribution in [2.45, 2.75) is 31.3 Å². The van der Waals surface area contributed by atoms with Crippen LogP contribution in [0.3, 0.4) is 0 Å². The summed E-state index contributed by atoms with van der Waals surface area (Å²) in [7, 11) is -3.44. The number of sulfonamides is 1. The highest BCUT2D eigenvalue weighted by molar-refractivity contribution is 7.89. The molecule has 2 rings (SSSR count). The maximum Gasteiger partial charge on any atom is 0.257 e. The van der Waals surface area contributed by atoms with Crippen LogP contribution in [0.5, 0.6) is 0 Å². The van der Waals surface area contributed by atoms with Crippen molar-refractivity contribution < 1.29 is 8.42 Å². The molecular weight excluding hydrogens is 288 g/mol. The molecule has 8 heteroatoms. The Morgan fingerprint density at radius 3 is 3.00 bits per heavy atom. The molecule has 2 N–H and O–H groups in total. The van der Waals surface area contributed by atoms with Crippen LogP contribution in [-0.2, 0) is 16.6 Å². The number of hydrogen-bond donors (Lipinski definition) is 2. The lowest BCUT2D eigenvalue weighted by Crippen LogP contribution is -2.38. The molecule has 1 atom stereocenters. The smallest absolute Gasteiger partial charge is 0.257 e. The molecule has 2 heterocycles. The van der Waals surface area contributed by atoms with E-state index in [4.69, 9.17) is 0 Å². The zero-order valence-electron chi connectivity index (χ0n) is 11.0. The van der Waals surface area contributed by atoms with Gasteiger partial charge in [0, 0.05) is 13.1 Å². The fraction of sp³-hybridized carbons (Fsp3) is 0.727. The van der Waals surface area contributed by atoms with Crippen LogP contribution in [-0.4, -0.2) is 37.8 Å². The molecule has 1 saturated heterocycles. The Labute approximate surface area is 120 Å². The number of aromatic nitrogens is 2. The summed E-state index contributed by atoms with van der Waals surface area (Å²) in [6.45, 7) is 4.83. The van der Waals surface area contributed by atoms with Gasteiger partial charge in [0.2, 0.25) is 0 Å². The van der Waals surface area contributed by atoms with E-state index in [2.05, 4.69) is 15.1 Å². The first kappa shape index (κ1) is 16.4. The first-order valence-corrected chi connectivity index (χ1v) is 7.84. The molecule has 0 amide bonds. The molecule has 0 spiro atoms. The van der Waals surface area contributed by atoms with Gasteiger partial charge in [0.15, 0.2) is 5.03 Å². The molecule has 110 valence electrons. The summed E-state index contributed by atoms with van der Waals surface area (Å²) < 4.78 is 28.4. The highest BCUT2D eigenvalue weighted by atomic mass is 35.5. The lowest BCUT2D eigenvalue weighted by molar-refractivity contribution is 0.375. The standard InChI is InChI=1S/C11H20N4O2S.ClH/c1-2-15-11(5-7-13-15)18(16,17)14-9-10-4-3-6-12-8-10;/h5,7,10,12,14H,2-4,6,8-9H2,1H3;1H. The monoisotopic (exact) mass is 308 g/mol. The Morgan fingerprint density at radius 1 is 1.58 bits per heavy atom. The van der Waals surface area contributed by atoms with Gasteiger partial charge in [-0.25, -0.2) is 13.1 Å². The summed E-state index contributed by atoms with van der Waals surface area (Å²) in [4.78, 5) is 0. The first-order valence-electron chi connectivity index (χ1n) is 6.35. The number of nitrogens with one attached hydrogen (secondary N) is 2. The number of halogens is 1. The van der Waals surface area contributed by atoms with Gasteiger partial charge in [-0.2, -0.15) is 5.10 Å². The normalized spacial score (nSPS) is 19.9. The highest BCUT2D eigenvalue weighted by Gasteiger charge is 2.21. The summed E-state index contributed by atoms with van der Waals surface area (Å²) >= 11 is 0. The Balaban J connectivity index is 0.00000180. The van der Waals surface area contributed by atoms with Gasteiger partial charge in [-0.15, -0.1) is 12.4 Å². The Hall–Kier alpha value is -0.630. The molecular formula is C11H21ClN4O2S. The van der Waals surface area contributed by atoms with Crippen LogP contribution in [0.1, 0.15) is 19.8 Å². The summed E-state index contributed by atoms with van der Waals surface area (Å²) in [5, 5.41) is 7.50. The number of nitrogens with zero attached hydrogens (tertiary/aromatic N) is 2. The molecule has 0 aliphatic carbocycles. The van der Waals surface area contributed by atoms with E-state index in [0.717, 1.165) is 25.9 Å². The van der Waals surface area contributed by atoms with Crippen molar-refractivity contribution in [2.75, 3.05) is 19.6 Å². The second-order valence-electron chi connectivity index (χ2n) is 4.55. The zero-order chi connectivity index (χ0) is 13.0. The minimum absolute atomic E-state index is 0. The third kappa shape index (κ3) is 4.17. The van der Waals surface area contributed by atoms with Crippen LogP contribution in [0, 0.1) is 5.92 Å². The third-order valence-corrected chi connectivity index (χ3v) is 4.66. The second-order valence-corrected chi connectivity index (χ2v) is 6.26. The van der Waals surface area contributed by atoms with E-state index in [0.29, 0.717) is 19.0 Å². The van der Waals surface area contributed by atoms with Crippen molar-refractivity contribution in [3.8, 4) is 0 Å². The summed E-state index contributed by atoms with van der Waals surface area (Å²) in [6.07, 6.45) is 3.70. The van der Waals surface area contributed by atoms with Crippen LogP contribution >= 0.6 is 12.4 Å². The molecule has 0 saturated carbocycles. The van der Waals surface area contributed by atoms with E-state index in [9.17, 15) is 8.42 Å². The quantitative estimate of drug-likeness (QED) is 0.835. The fourth-order valence-corrected chi connectivity index (χ4v) is 3.48. The van der Waals surface area contributed by atoms with Gasteiger partial charge in [-0.1, -0.05) is 0 Å². The van der Waals surface area contributed by atoms with Crippen molar-refractivity contribution >= 4 is 22.4 Å². The van der Waals surface area contributed by atoms with Crippen molar-refractivity contribution in [3.05, 3.63) is 12.3 Å². The van der Waals surface area contributed by atoms with Gasteiger partial charge in [-0.05, 0) is 44.8 Å². The first-order chi connectivity index (χ1) is 8.63. The number of hydrogen-bond acceptors (Lipinski definition) is 4. The van der Waals surface area contributed by atoms with Gasteiger partial charge >= 0.3 is 0 Å². The molecule has 0 radical (unpaired) electrons. The van der Waals surface area contributed by atoms with E-state index in [-0.39, 0.29) is 17.4 Å². The zero-order valence-corrected chi connectivity index (χ0v) is 12.6. The minimum Gasteiger partial charge on any atom is -0.316 e. The van der Waals surface area contributed by atoms with Crippen LogP contribution < -0.4 is 10.0 Å². The Kier molecular flexibility index (Phi) is 6.25. The summed E-state index contributed by atoms with van der Waals surface area (Å²) in [5.41, 5.74) is 0. The van der Waals surface area contributed by atoms with E-state index < -0.39 is 10.0 Å². The summed E-state index contributed by atoms with van der Waals surface area (Å²) in [5.74, 6) is 0.381. The largest absolute Gasteiger partial charge is 0.316 e. The maximum absolute atomic E-state index is 12.1. The SMILES string of the molecule is CCn1nccc1S(=O)(=O)NCC1CCCNC1.Cl. The maximum atomic E-state index is 12.1. The van der Waals surface area contributed by atoms with E-state index in [1.807, 2.05) is 6.92 Å². The number of piperidine rings is 1. The topological polar surface area (TPSA) is 76.0 Å². The highest BCUT2D eigenvalue weighted by Crippen LogP contribution is 2.11. The number of aryl methyl sites for hydroxylation is 1. The third-order valence-electron chi connectivity index (χ3n) is 3.21. The van der Waals surface area contributed by atoms with Crippen molar-refractivity contribution in [1.82, 2.24) is 19.8 Å². The van der Waals surface area contributed by atoms with Gasteiger partial charge in [0.1, 0.15) is 0 Å². The molecule has 0 aromatic carbocycles. The van der Waals surface area contributed by atoms with Crippen LogP contribution in [0.2, 0.25) is 0 Å². The van der Waals surface area contributed by atoms with E-state index in [1.165, 1.54) is 16.9 Å². The molecule has 19 heavy (non-hydrogen) atoms.